The number of hydrogen-bond acceptors (Lipinski definition) is 2. The molecule has 0 radical (unpaired) electrons. The molecule has 3 aromatic rings. The second-order valence-electron chi connectivity index (χ2n) is 4.95. The zero-order chi connectivity index (χ0) is 16.2. The van der Waals surface area contributed by atoms with E-state index in [0.29, 0.717) is 16.4 Å². The lowest BCUT2D eigenvalue weighted by molar-refractivity contribution is -0.132. The lowest BCUT2D eigenvalue weighted by Gasteiger charge is -2.09. The normalized spacial score (nSPS) is 10.3. The number of carbonyl (C=O) groups excluding carboxylic acids is 2. The molecule has 0 aliphatic heterocycles. The fraction of sp³-hybridized carbons (Fsp3) is 0. The molecule has 2 amide bonds. The van der Waals surface area contributed by atoms with Gasteiger partial charge in [-0.1, -0.05) is 54.1 Å². The number of nitrogens with one attached hydrogen (secondary N) is 2. The lowest BCUT2D eigenvalue weighted by atomic mass is 10.1. The van der Waals surface area contributed by atoms with Gasteiger partial charge < -0.3 is 10.6 Å². The van der Waals surface area contributed by atoms with Crippen LogP contribution in [0.15, 0.2) is 66.7 Å². The van der Waals surface area contributed by atoms with E-state index in [1.165, 1.54) is 0 Å². The van der Waals surface area contributed by atoms with Crippen LogP contribution in [0.4, 0.5) is 11.4 Å². The zero-order valence-corrected chi connectivity index (χ0v) is 12.8. The number of carbonyl (C=O) groups is 2. The molecule has 4 nitrogen and oxygen atoms in total. The quantitative estimate of drug-likeness (QED) is 0.698. The first-order chi connectivity index (χ1) is 11.1. The molecule has 0 aromatic heterocycles. The number of halogens is 1. The van der Waals surface area contributed by atoms with Crippen molar-refractivity contribution in [3.63, 3.8) is 0 Å². The molecule has 0 aliphatic rings. The number of anilines is 2. The topological polar surface area (TPSA) is 58.2 Å². The Hall–Kier alpha value is -2.85. The number of fused-ring (bicyclic) bond motifs is 1. The van der Waals surface area contributed by atoms with Crippen molar-refractivity contribution in [2.75, 3.05) is 10.6 Å². The molecule has 0 aliphatic carbocycles. The Morgan fingerprint density at radius 3 is 2.30 bits per heavy atom. The van der Waals surface area contributed by atoms with E-state index >= 15 is 0 Å². The Morgan fingerprint density at radius 1 is 0.783 bits per heavy atom. The molecule has 23 heavy (non-hydrogen) atoms. The van der Waals surface area contributed by atoms with Crippen molar-refractivity contribution in [3.8, 4) is 0 Å². The molecular weight excluding hydrogens is 312 g/mol. The van der Waals surface area contributed by atoms with Crippen LogP contribution in [-0.4, -0.2) is 11.8 Å². The summed E-state index contributed by atoms with van der Waals surface area (Å²) in [7, 11) is 0. The Kier molecular flexibility index (Phi) is 4.26. The maximum Gasteiger partial charge on any atom is 0.314 e. The Labute approximate surface area is 138 Å². The van der Waals surface area contributed by atoms with Crippen LogP contribution in [0.2, 0.25) is 5.02 Å². The largest absolute Gasteiger partial charge is 0.318 e. The SMILES string of the molecule is O=C(Nc1cccc(Cl)c1)C(=O)Nc1cccc2ccccc12. The Balaban J connectivity index is 1.77. The first-order valence-corrected chi connectivity index (χ1v) is 7.37. The molecule has 0 heterocycles. The molecule has 0 atom stereocenters. The van der Waals surface area contributed by atoms with Crippen molar-refractivity contribution >= 4 is 45.6 Å². The monoisotopic (exact) mass is 324 g/mol. The van der Waals surface area contributed by atoms with E-state index in [0.717, 1.165) is 10.8 Å². The summed E-state index contributed by atoms with van der Waals surface area (Å²) in [5.74, 6) is -1.48. The first-order valence-electron chi connectivity index (χ1n) is 6.99. The van der Waals surface area contributed by atoms with Gasteiger partial charge in [-0.3, -0.25) is 9.59 Å². The van der Waals surface area contributed by atoms with Gasteiger partial charge in [0.1, 0.15) is 0 Å². The zero-order valence-electron chi connectivity index (χ0n) is 12.0. The van der Waals surface area contributed by atoms with Crippen LogP contribution in [0.3, 0.4) is 0 Å². The molecule has 0 spiro atoms. The van der Waals surface area contributed by atoms with Gasteiger partial charge in [-0.05, 0) is 29.7 Å². The summed E-state index contributed by atoms with van der Waals surface area (Å²) >= 11 is 5.85. The van der Waals surface area contributed by atoms with Crippen LogP contribution in [0.1, 0.15) is 0 Å². The molecule has 0 saturated heterocycles. The summed E-state index contributed by atoms with van der Waals surface area (Å²) in [6, 6.07) is 19.8. The maximum atomic E-state index is 12.1. The molecule has 3 aromatic carbocycles. The third kappa shape index (κ3) is 3.49. The van der Waals surface area contributed by atoms with Gasteiger partial charge >= 0.3 is 11.8 Å². The average molecular weight is 325 g/mol. The van der Waals surface area contributed by atoms with Gasteiger partial charge in [-0.2, -0.15) is 0 Å². The number of hydrogen-bond donors (Lipinski definition) is 2. The van der Waals surface area contributed by atoms with Crippen molar-refractivity contribution in [2.45, 2.75) is 0 Å². The predicted molar refractivity (Wildman–Crippen MR) is 92.7 cm³/mol. The standard InChI is InChI=1S/C18H13ClN2O2/c19-13-7-4-8-14(11-13)20-17(22)18(23)21-16-10-3-6-12-5-1-2-9-15(12)16/h1-11H,(H,20,22)(H,21,23). The lowest BCUT2D eigenvalue weighted by Crippen LogP contribution is -2.29. The van der Waals surface area contributed by atoms with Crippen molar-refractivity contribution in [3.05, 3.63) is 71.8 Å². The summed E-state index contributed by atoms with van der Waals surface area (Å²) in [5, 5.41) is 7.50. The fourth-order valence-electron chi connectivity index (χ4n) is 2.27. The number of amides is 2. The summed E-state index contributed by atoms with van der Waals surface area (Å²) < 4.78 is 0. The average Bonchev–Trinajstić information content (AvgIpc) is 2.55. The third-order valence-electron chi connectivity index (χ3n) is 3.33. The predicted octanol–water partition coefficient (Wildman–Crippen LogP) is 4.07. The van der Waals surface area contributed by atoms with Gasteiger partial charge in [0, 0.05) is 21.8 Å². The highest BCUT2D eigenvalue weighted by Crippen LogP contribution is 2.23. The van der Waals surface area contributed by atoms with E-state index in [9.17, 15) is 9.59 Å². The van der Waals surface area contributed by atoms with Gasteiger partial charge in [-0.15, -0.1) is 0 Å². The highest BCUT2D eigenvalue weighted by Gasteiger charge is 2.15. The molecule has 0 fully saturated rings. The van der Waals surface area contributed by atoms with Crippen LogP contribution >= 0.6 is 11.6 Å². The van der Waals surface area contributed by atoms with Crippen LogP contribution in [-0.2, 0) is 9.59 Å². The minimum absolute atomic E-state index is 0.468. The van der Waals surface area contributed by atoms with E-state index in [1.54, 1.807) is 30.3 Å². The summed E-state index contributed by atoms with van der Waals surface area (Å²) in [5.41, 5.74) is 1.06. The minimum Gasteiger partial charge on any atom is -0.318 e. The molecule has 3 rings (SSSR count). The van der Waals surface area contributed by atoms with Crippen LogP contribution in [0, 0.1) is 0 Å². The van der Waals surface area contributed by atoms with Crippen molar-refractivity contribution in [2.24, 2.45) is 0 Å². The second kappa shape index (κ2) is 6.50. The first kappa shape index (κ1) is 15.1. The molecule has 5 heteroatoms. The molecule has 0 unspecified atom stereocenters. The van der Waals surface area contributed by atoms with E-state index in [4.69, 9.17) is 11.6 Å². The number of rotatable bonds is 2. The van der Waals surface area contributed by atoms with Gasteiger partial charge in [0.2, 0.25) is 0 Å². The fourth-order valence-corrected chi connectivity index (χ4v) is 2.46. The molecule has 0 saturated carbocycles. The molecule has 0 bridgehead atoms. The maximum absolute atomic E-state index is 12.1. The van der Waals surface area contributed by atoms with E-state index in [2.05, 4.69) is 10.6 Å². The van der Waals surface area contributed by atoms with Crippen LogP contribution in [0.5, 0.6) is 0 Å². The van der Waals surface area contributed by atoms with Gasteiger partial charge in [0.05, 0.1) is 0 Å². The van der Waals surface area contributed by atoms with Crippen molar-refractivity contribution < 1.29 is 9.59 Å². The summed E-state index contributed by atoms with van der Waals surface area (Å²) in [4.78, 5) is 24.1. The van der Waals surface area contributed by atoms with Crippen molar-refractivity contribution in [1.82, 2.24) is 0 Å². The van der Waals surface area contributed by atoms with Crippen molar-refractivity contribution in [1.29, 1.82) is 0 Å². The van der Waals surface area contributed by atoms with Gasteiger partial charge in [-0.25, -0.2) is 0 Å². The van der Waals surface area contributed by atoms with E-state index in [-0.39, 0.29) is 0 Å². The Bertz CT molecular complexity index is 888. The third-order valence-corrected chi connectivity index (χ3v) is 3.56. The van der Waals surface area contributed by atoms with E-state index in [1.807, 2.05) is 36.4 Å². The van der Waals surface area contributed by atoms with Crippen LogP contribution in [0.25, 0.3) is 10.8 Å². The van der Waals surface area contributed by atoms with Gasteiger partial charge in [0.25, 0.3) is 0 Å². The molecular formula is C18H13ClN2O2. The summed E-state index contributed by atoms with van der Waals surface area (Å²) in [6.45, 7) is 0. The second-order valence-corrected chi connectivity index (χ2v) is 5.38. The highest BCUT2D eigenvalue weighted by molar-refractivity contribution is 6.44. The minimum atomic E-state index is -0.750. The molecule has 2 N–H and O–H groups in total. The van der Waals surface area contributed by atoms with E-state index < -0.39 is 11.8 Å². The molecule has 114 valence electrons. The number of benzene rings is 3. The Morgan fingerprint density at radius 2 is 1.48 bits per heavy atom. The smallest absolute Gasteiger partial charge is 0.314 e. The highest BCUT2D eigenvalue weighted by atomic mass is 35.5. The van der Waals surface area contributed by atoms with Gasteiger partial charge in [0.15, 0.2) is 0 Å². The summed E-state index contributed by atoms with van der Waals surface area (Å²) in [6.07, 6.45) is 0. The van der Waals surface area contributed by atoms with Crippen LogP contribution < -0.4 is 10.6 Å².